The van der Waals surface area contributed by atoms with Gasteiger partial charge in [0, 0.05) is 0 Å². The van der Waals surface area contributed by atoms with Crippen LogP contribution < -0.4 is 0 Å². The summed E-state index contributed by atoms with van der Waals surface area (Å²) in [7, 11) is 0. The van der Waals surface area contributed by atoms with E-state index in [1.807, 2.05) is 11.5 Å². The van der Waals surface area contributed by atoms with Gasteiger partial charge in [-0.3, -0.25) is 9.67 Å². The molecule has 0 aliphatic carbocycles. The van der Waals surface area contributed by atoms with Gasteiger partial charge in [0.05, 0.1) is 6.54 Å². The van der Waals surface area contributed by atoms with E-state index in [2.05, 4.69) is 41.4 Å². The van der Waals surface area contributed by atoms with E-state index in [0.29, 0.717) is 4.77 Å². The Morgan fingerprint density at radius 1 is 1.27 bits per heavy atom. The van der Waals surface area contributed by atoms with E-state index >= 15 is 0 Å². The van der Waals surface area contributed by atoms with Crippen molar-refractivity contribution in [3.8, 4) is 0 Å². The molecule has 78 valence electrons. The van der Waals surface area contributed by atoms with Crippen molar-refractivity contribution < 1.29 is 0 Å². The summed E-state index contributed by atoms with van der Waals surface area (Å²) in [5.41, 5.74) is 2.51. The molecule has 1 aromatic carbocycles. The maximum absolute atomic E-state index is 5.14. The highest BCUT2D eigenvalue weighted by Crippen LogP contribution is 2.07. The van der Waals surface area contributed by atoms with E-state index in [4.69, 9.17) is 12.2 Å². The Morgan fingerprint density at radius 2 is 1.93 bits per heavy atom. The number of aryl methyl sites for hydroxylation is 2. The summed E-state index contributed by atoms with van der Waals surface area (Å²) >= 11 is 5.14. The molecule has 0 atom stereocenters. The Labute approximate surface area is 93.8 Å². The van der Waals surface area contributed by atoms with E-state index in [1.54, 1.807) is 0 Å². The van der Waals surface area contributed by atoms with Crippen LogP contribution in [0.5, 0.6) is 0 Å². The van der Waals surface area contributed by atoms with Crippen molar-refractivity contribution in [3.63, 3.8) is 0 Å². The monoisotopic (exact) mass is 219 g/mol. The Balaban J connectivity index is 2.29. The number of nitrogens with one attached hydrogen (secondary N) is 1. The predicted octanol–water partition coefficient (Wildman–Crippen LogP) is 2.61. The standard InChI is InChI=1S/C11H13N3S/c1-8-3-5-10(6-4-8)7-14-9(2)12-13-11(14)15/h3-6H,7H2,1-2H3,(H,13,15). The Kier molecular flexibility index (Phi) is 2.68. The Morgan fingerprint density at radius 3 is 2.47 bits per heavy atom. The summed E-state index contributed by atoms with van der Waals surface area (Å²) in [5, 5.41) is 6.86. The number of rotatable bonds is 2. The molecule has 4 heteroatoms. The van der Waals surface area contributed by atoms with Crippen molar-refractivity contribution in [2.75, 3.05) is 0 Å². The molecule has 3 nitrogen and oxygen atoms in total. The first-order valence-electron chi connectivity index (χ1n) is 4.84. The summed E-state index contributed by atoms with van der Waals surface area (Å²) in [6.07, 6.45) is 0. The summed E-state index contributed by atoms with van der Waals surface area (Å²) < 4.78 is 2.66. The number of hydrogen-bond donors (Lipinski definition) is 1. The first-order chi connectivity index (χ1) is 7.16. The Bertz CT molecular complexity index is 507. The molecule has 0 spiro atoms. The number of aromatic nitrogens is 3. The SMILES string of the molecule is Cc1ccc(Cn2c(C)n[nH]c2=S)cc1. The minimum atomic E-state index is 0.674. The van der Waals surface area contributed by atoms with Gasteiger partial charge >= 0.3 is 0 Å². The van der Waals surface area contributed by atoms with Crippen LogP contribution in [-0.2, 0) is 6.54 Å². The highest BCUT2D eigenvalue weighted by Gasteiger charge is 2.01. The zero-order chi connectivity index (χ0) is 10.8. The van der Waals surface area contributed by atoms with Crippen molar-refractivity contribution in [1.29, 1.82) is 0 Å². The molecule has 2 aromatic rings. The van der Waals surface area contributed by atoms with Gasteiger partial charge in [0.15, 0.2) is 4.77 Å². The molecule has 0 radical (unpaired) electrons. The molecule has 0 saturated heterocycles. The number of hydrogen-bond acceptors (Lipinski definition) is 2. The number of nitrogens with zero attached hydrogens (tertiary/aromatic N) is 2. The van der Waals surface area contributed by atoms with Crippen LogP contribution in [0.15, 0.2) is 24.3 Å². The molecule has 1 heterocycles. The molecule has 0 bridgehead atoms. The normalized spacial score (nSPS) is 10.5. The van der Waals surface area contributed by atoms with Crippen LogP contribution in [0.2, 0.25) is 0 Å². The van der Waals surface area contributed by atoms with Crippen molar-refractivity contribution in [3.05, 3.63) is 46.0 Å². The smallest absolute Gasteiger partial charge is 0.195 e. The maximum Gasteiger partial charge on any atom is 0.195 e. The number of benzene rings is 1. The zero-order valence-electron chi connectivity index (χ0n) is 8.82. The van der Waals surface area contributed by atoms with Gasteiger partial charge in [-0.15, -0.1) is 0 Å². The molecular weight excluding hydrogens is 206 g/mol. The molecular formula is C11H13N3S. The second-order valence-electron chi connectivity index (χ2n) is 3.65. The summed E-state index contributed by atoms with van der Waals surface area (Å²) in [4.78, 5) is 0. The van der Waals surface area contributed by atoms with Crippen LogP contribution in [-0.4, -0.2) is 14.8 Å². The van der Waals surface area contributed by atoms with E-state index in [-0.39, 0.29) is 0 Å². The van der Waals surface area contributed by atoms with E-state index < -0.39 is 0 Å². The number of aromatic amines is 1. The topological polar surface area (TPSA) is 33.6 Å². The fraction of sp³-hybridized carbons (Fsp3) is 0.273. The van der Waals surface area contributed by atoms with Gasteiger partial charge in [-0.1, -0.05) is 29.8 Å². The second kappa shape index (κ2) is 3.98. The third kappa shape index (κ3) is 2.15. The van der Waals surface area contributed by atoms with E-state index in [0.717, 1.165) is 12.4 Å². The fourth-order valence-electron chi connectivity index (χ4n) is 1.46. The minimum absolute atomic E-state index is 0.674. The van der Waals surface area contributed by atoms with Crippen LogP contribution in [0.1, 0.15) is 17.0 Å². The van der Waals surface area contributed by atoms with Gasteiger partial charge in [0.2, 0.25) is 0 Å². The molecule has 0 aliphatic heterocycles. The van der Waals surface area contributed by atoms with Crippen LogP contribution in [0.25, 0.3) is 0 Å². The highest BCUT2D eigenvalue weighted by molar-refractivity contribution is 7.71. The average molecular weight is 219 g/mol. The van der Waals surface area contributed by atoms with Gasteiger partial charge in [-0.05, 0) is 31.6 Å². The van der Waals surface area contributed by atoms with Crippen LogP contribution in [0.3, 0.4) is 0 Å². The lowest BCUT2D eigenvalue weighted by molar-refractivity contribution is 0.751. The lowest BCUT2D eigenvalue weighted by Crippen LogP contribution is -2.02. The molecule has 0 unspecified atom stereocenters. The van der Waals surface area contributed by atoms with Gasteiger partial charge in [0.1, 0.15) is 5.82 Å². The van der Waals surface area contributed by atoms with Crippen molar-refractivity contribution in [2.24, 2.45) is 0 Å². The first-order valence-corrected chi connectivity index (χ1v) is 5.25. The molecule has 15 heavy (non-hydrogen) atoms. The second-order valence-corrected chi connectivity index (χ2v) is 4.03. The molecule has 0 saturated carbocycles. The molecule has 0 fully saturated rings. The summed E-state index contributed by atoms with van der Waals surface area (Å²) in [6, 6.07) is 8.44. The highest BCUT2D eigenvalue weighted by atomic mass is 32.1. The average Bonchev–Trinajstić information content (AvgIpc) is 2.53. The van der Waals surface area contributed by atoms with Gasteiger partial charge < -0.3 is 0 Å². The lowest BCUT2D eigenvalue weighted by Gasteiger charge is -2.04. The van der Waals surface area contributed by atoms with Gasteiger partial charge in [-0.2, -0.15) is 5.10 Å². The van der Waals surface area contributed by atoms with Crippen molar-refractivity contribution in [2.45, 2.75) is 20.4 Å². The van der Waals surface area contributed by atoms with E-state index in [9.17, 15) is 0 Å². The molecule has 1 aromatic heterocycles. The third-order valence-electron chi connectivity index (χ3n) is 2.41. The molecule has 0 aliphatic rings. The molecule has 2 rings (SSSR count). The third-order valence-corrected chi connectivity index (χ3v) is 2.72. The Hall–Kier alpha value is -1.42. The summed E-state index contributed by atoms with van der Waals surface area (Å²) in [5.74, 6) is 0.917. The zero-order valence-corrected chi connectivity index (χ0v) is 9.64. The fourth-order valence-corrected chi connectivity index (χ4v) is 1.70. The van der Waals surface area contributed by atoms with Crippen LogP contribution in [0.4, 0.5) is 0 Å². The maximum atomic E-state index is 5.14. The van der Waals surface area contributed by atoms with Gasteiger partial charge in [0.25, 0.3) is 0 Å². The summed E-state index contributed by atoms with van der Waals surface area (Å²) in [6.45, 7) is 4.81. The first kappa shape index (κ1) is 10.1. The van der Waals surface area contributed by atoms with Gasteiger partial charge in [-0.25, -0.2) is 0 Å². The van der Waals surface area contributed by atoms with E-state index in [1.165, 1.54) is 11.1 Å². The van der Waals surface area contributed by atoms with Crippen molar-refractivity contribution in [1.82, 2.24) is 14.8 Å². The molecule has 0 amide bonds. The minimum Gasteiger partial charge on any atom is -0.300 e. The van der Waals surface area contributed by atoms with Crippen LogP contribution >= 0.6 is 12.2 Å². The lowest BCUT2D eigenvalue weighted by atomic mass is 10.1. The van der Waals surface area contributed by atoms with Crippen molar-refractivity contribution >= 4 is 12.2 Å². The molecule has 1 N–H and O–H groups in total. The largest absolute Gasteiger partial charge is 0.300 e. The van der Waals surface area contributed by atoms with Crippen LogP contribution in [0, 0.1) is 18.6 Å². The quantitative estimate of drug-likeness (QED) is 0.788. The predicted molar refractivity (Wildman–Crippen MR) is 62.4 cm³/mol. The number of H-pyrrole nitrogens is 1.